The number of fused-ring (bicyclic) bond motifs is 1. The van der Waals surface area contributed by atoms with Gasteiger partial charge in [0.25, 0.3) is 5.69 Å². The molecule has 7 nitrogen and oxygen atoms in total. The first-order chi connectivity index (χ1) is 12.6. The molecule has 0 spiro atoms. The fraction of sp³-hybridized carbons (Fsp3) is 0.167. The van der Waals surface area contributed by atoms with Crippen LogP contribution >= 0.6 is 11.3 Å². The number of nitrogens with zero attached hydrogens (tertiary/aromatic N) is 2. The van der Waals surface area contributed by atoms with Gasteiger partial charge in [-0.1, -0.05) is 12.1 Å². The second-order valence-corrected chi connectivity index (χ2v) is 6.32. The van der Waals surface area contributed by atoms with Gasteiger partial charge in [0.2, 0.25) is 0 Å². The highest BCUT2D eigenvalue weighted by atomic mass is 32.1. The summed E-state index contributed by atoms with van der Waals surface area (Å²) in [5.74, 6) is 1.20. The Hall–Kier alpha value is -2.97. The summed E-state index contributed by atoms with van der Waals surface area (Å²) in [5, 5.41) is 11.6. The Bertz CT molecular complexity index is 967. The fourth-order valence-electron chi connectivity index (χ4n) is 2.32. The summed E-state index contributed by atoms with van der Waals surface area (Å²) in [4.78, 5) is 14.9. The topological polar surface area (TPSA) is 83.7 Å². The Morgan fingerprint density at radius 1 is 1.15 bits per heavy atom. The minimum atomic E-state index is -0.423. The van der Waals surface area contributed by atoms with E-state index in [2.05, 4.69) is 4.98 Å². The maximum atomic E-state index is 10.9. The van der Waals surface area contributed by atoms with Gasteiger partial charge in [0.05, 0.1) is 22.2 Å². The Labute approximate surface area is 153 Å². The number of thiazole rings is 1. The van der Waals surface area contributed by atoms with E-state index in [0.29, 0.717) is 17.0 Å². The van der Waals surface area contributed by atoms with Crippen LogP contribution in [0.4, 0.5) is 5.69 Å². The summed E-state index contributed by atoms with van der Waals surface area (Å²) < 4.78 is 16.5. The maximum absolute atomic E-state index is 10.9. The van der Waals surface area contributed by atoms with Gasteiger partial charge in [0.15, 0.2) is 18.3 Å². The van der Waals surface area contributed by atoms with Crippen molar-refractivity contribution in [1.29, 1.82) is 0 Å². The number of nitro benzene ring substituents is 1. The van der Waals surface area contributed by atoms with Crippen molar-refractivity contribution < 1.29 is 19.1 Å². The quantitative estimate of drug-likeness (QED) is 0.348. The van der Waals surface area contributed by atoms with Gasteiger partial charge in [-0.05, 0) is 29.8 Å². The van der Waals surface area contributed by atoms with Crippen molar-refractivity contribution in [2.45, 2.75) is 0 Å². The molecule has 0 bridgehead atoms. The lowest BCUT2D eigenvalue weighted by molar-refractivity contribution is -0.384. The minimum Gasteiger partial charge on any atom is -0.493 e. The number of hydrogen-bond acceptors (Lipinski definition) is 7. The molecule has 1 aromatic heterocycles. The molecule has 134 valence electrons. The largest absolute Gasteiger partial charge is 0.493 e. The van der Waals surface area contributed by atoms with Crippen LogP contribution in [0.25, 0.3) is 22.4 Å². The monoisotopic (exact) mass is 372 g/mol. The molecule has 0 atom stereocenters. The van der Waals surface area contributed by atoms with Crippen LogP contribution < -0.4 is 9.47 Å². The number of ether oxygens (including phenoxy) is 3. The normalized spacial score (nSPS) is 11.2. The van der Waals surface area contributed by atoms with Crippen LogP contribution in [0.2, 0.25) is 0 Å². The van der Waals surface area contributed by atoms with E-state index < -0.39 is 4.92 Å². The lowest BCUT2D eigenvalue weighted by atomic mass is 10.2. The average Bonchev–Trinajstić information content (AvgIpc) is 3.06. The summed E-state index contributed by atoms with van der Waals surface area (Å²) in [6.07, 6.45) is 3.76. The third-order valence-corrected chi connectivity index (χ3v) is 4.54. The summed E-state index contributed by atoms with van der Waals surface area (Å²) in [7, 11) is 3.12. The third kappa shape index (κ3) is 3.98. The highest BCUT2D eigenvalue weighted by molar-refractivity contribution is 7.19. The van der Waals surface area contributed by atoms with Crippen molar-refractivity contribution in [1.82, 2.24) is 4.98 Å². The second-order valence-electron chi connectivity index (χ2n) is 5.26. The zero-order chi connectivity index (χ0) is 18.5. The van der Waals surface area contributed by atoms with Gasteiger partial charge < -0.3 is 14.2 Å². The Morgan fingerprint density at radius 3 is 2.73 bits per heavy atom. The minimum absolute atomic E-state index is 0.0368. The van der Waals surface area contributed by atoms with E-state index >= 15 is 0 Å². The molecule has 0 saturated carbocycles. The molecule has 3 rings (SSSR count). The van der Waals surface area contributed by atoms with Crippen molar-refractivity contribution in [2.24, 2.45) is 0 Å². The van der Waals surface area contributed by atoms with Gasteiger partial charge in [-0.2, -0.15) is 0 Å². The van der Waals surface area contributed by atoms with Crippen LogP contribution in [0.15, 0.2) is 36.4 Å². The van der Waals surface area contributed by atoms with E-state index in [0.717, 1.165) is 15.3 Å². The summed E-state index contributed by atoms with van der Waals surface area (Å²) in [6, 6.07) is 10.2. The number of methoxy groups -OCH3 is 2. The van der Waals surface area contributed by atoms with Gasteiger partial charge in [-0.15, -0.1) is 11.3 Å². The molecule has 3 aromatic rings. The van der Waals surface area contributed by atoms with E-state index in [1.54, 1.807) is 26.4 Å². The summed E-state index contributed by atoms with van der Waals surface area (Å²) >= 11 is 1.47. The van der Waals surface area contributed by atoms with Crippen molar-refractivity contribution in [3.63, 3.8) is 0 Å². The second kappa shape index (κ2) is 7.94. The van der Waals surface area contributed by atoms with Gasteiger partial charge in [-0.25, -0.2) is 4.98 Å². The first-order valence-corrected chi connectivity index (χ1v) is 8.45. The number of aromatic nitrogens is 1. The van der Waals surface area contributed by atoms with Crippen LogP contribution in [0.3, 0.4) is 0 Å². The van der Waals surface area contributed by atoms with Crippen LogP contribution in [-0.2, 0) is 4.74 Å². The zero-order valence-electron chi connectivity index (χ0n) is 14.2. The molecule has 0 N–H and O–H groups in total. The standard InChI is InChI=1S/C18H16N2O5S/c1-23-11-25-15-6-3-12(9-16(15)24-2)4-8-18-19-14-10-13(20(21)22)5-7-17(14)26-18/h3-10H,11H2,1-2H3/b8-4+. The summed E-state index contributed by atoms with van der Waals surface area (Å²) in [6.45, 7) is 0.142. The van der Waals surface area contributed by atoms with E-state index in [4.69, 9.17) is 14.2 Å². The number of rotatable bonds is 7. The molecule has 26 heavy (non-hydrogen) atoms. The fourth-order valence-corrected chi connectivity index (χ4v) is 3.17. The molecular weight excluding hydrogens is 356 g/mol. The SMILES string of the molecule is COCOc1ccc(/C=C/c2nc3cc([N+](=O)[O-])ccc3s2)cc1OC. The molecule has 2 aromatic carbocycles. The Kier molecular flexibility index (Phi) is 5.45. The number of non-ortho nitro benzene ring substituents is 1. The molecule has 0 radical (unpaired) electrons. The van der Waals surface area contributed by atoms with Gasteiger partial charge >= 0.3 is 0 Å². The molecule has 0 unspecified atom stereocenters. The number of hydrogen-bond donors (Lipinski definition) is 0. The molecule has 0 fully saturated rings. The Balaban J connectivity index is 1.82. The van der Waals surface area contributed by atoms with Gasteiger partial charge in [0.1, 0.15) is 5.01 Å². The molecule has 0 saturated heterocycles. The highest BCUT2D eigenvalue weighted by Gasteiger charge is 2.09. The average molecular weight is 372 g/mol. The molecule has 0 aliphatic rings. The number of nitro groups is 1. The zero-order valence-corrected chi connectivity index (χ0v) is 15.0. The lowest BCUT2D eigenvalue weighted by Gasteiger charge is -2.10. The molecule has 8 heteroatoms. The predicted octanol–water partition coefficient (Wildman–Crippen LogP) is 4.37. The molecule has 0 aliphatic heterocycles. The maximum Gasteiger partial charge on any atom is 0.271 e. The smallest absolute Gasteiger partial charge is 0.271 e. The van der Waals surface area contributed by atoms with Crippen molar-refractivity contribution in [2.75, 3.05) is 21.0 Å². The van der Waals surface area contributed by atoms with Crippen LogP contribution in [0.5, 0.6) is 11.5 Å². The predicted molar refractivity (Wildman–Crippen MR) is 101 cm³/mol. The molecular formula is C18H16N2O5S. The van der Waals surface area contributed by atoms with E-state index in [1.165, 1.54) is 23.5 Å². The van der Waals surface area contributed by atoms with Crippen molar-refractivity contribution in [3.05, 3.63) is 57.1 Å². The van der Waals surface area contributed by atoms with Crippen LogP contribution in [0.1, 0.15) is 10.6 Å². The summed E-state index contributed by atoms with van der Waals surface area (Å²) in [5.41, 5.74) is 1.57. The van der Waals surface area contributed by atoms with E-state index in [-0.39, 0.29) is 12.5 Å². The first-order valence-electron chi connectivity index (χ1n) is 7.63. The molecule has 1 heterocycles. The van der Waals surface area contributed by atoms with Crippen molar-refractivity contribution in [3.8, 4) is 11.5 Å². The van der Waals surface area contributed by atoms with Gasteiger partial charge in [-0.3, -0.25) is 10.1 Å². The third-order valence-electron chi connectivity index (χ3n) is 3.54. The van der Waals surface area contributed by atoms with Crippen molar-refractivity contribution >= 4 is 39.4 Å². The molecule has 0 amide bonds. The van der Waals surface area contributed by atoms with Gasteiger partial charge in [0, 0.05) is 19.2 Å². The Morgan fingerprint density at radius 2 is 2.00 bits per heavy atom. The van der Waals surface area contributed by atoms with Crippen LogP contribution in [-0.4, -0.2) is 30.9 Å². The van der Waals surface area contributed by atoms with Crippen LogP contribution in [0, 0.1) is 10.1 Å². The van der Waals surface area contributed by atoms with E-state index in [1.807, 2.05) is 24.3 Å². The highest BCUT2D eigenvalue weighted by Crippen LogP contribution is 2.30. The van der Waals surface area contributed by atoms with E-state index in [9.17, 15) is 10.1 Å². The first kappa shape index (κ1) is 17.8. The molecule has 0 aliphatic carbocycles. The number of benzene rings is 2. The lowest BCUT2D eigenvalue weighted by Crippen LogP contribution is -2.00.